The van der Waals surface area contributed by atoms with Gasteiger partial charge in [0.25, 0.3) is 0 Å². The first kappa shape index (κ1) is 10.7. The summed E-state index contributed by atoms with van der Waals surface area (Å²) in [7, 11) is 0. The van der Waals surface area contributed by atoms with Crippen molar-refractivity contribution in [1.29, 1.82) is 0 Å². The Balaban J connectivity index is 4.62. The molecule has 0 aromatic carbocycles. The maximum Gasteiger partial charge on any atom is 0.321 e. The molecule has 0 heterocycles. The van der Waals surface area contributed by atoms with E-state index in [2.05, 4.69) is 0 Å². The van der Waals surface area contributed by atoms with Crippen LogP contribution in [0.15, 0.2) is 12.2 Å². The lowest BCUT2D eigenvalue weighted by Gasteiger charge is -2.16. The van der Waals surface area contributed by atoms with E-state index in [-0.39, 0.29) is 6.42 Å². The van der Waals surface area contributed by atoms with Crippen LogP contribution in [0, 0.1) is 5.41 Å². The van der Waals surface area contributed by atoms with Crippen molar-refractivity contribution in [3.05, 3.63) is 12.2 Å². The van der Waals surface area contributed by atoms with Gasteiger partial charge in [0.15, 0.2) is 5.41 Å². The summed E-state index contributed by atoms with van der Waals surface area (Å²) < 4.78 is 0. The third kappa shape index (κ3) is 2.08. The second-order valence-corrected chi connectivity index (χ2v) is 2.72. The first-order valence-corrected chi connectivity index (χ1v) is 3.53. The zero-order valence-electron chi connectivity index (χ0n) is 7.07. The Kier molecular flexibility index (Phi) is 3.47. The lowest BCUT2D eigenvalue weighted by atomic mass is 9.87. The molecule has 4 heteroatoms. The lowest BCUT2D eigenvalue weighted by molar-refractivity contribution is -0.162. The van der Waals surface area contributed by atoms with Crippen molar-refractivity contribution in [3.63, 3.8) is 0 Å². The first-order valence-electron chi connectivity index (χ1n) is 3.53. The molecule has 4 nitrogen and oxygen atoms in total. The minimum atomic E-state index is -1.70. The number of allylic oxidation sites excluding steroid dienone is 2. The van der Waals surface area contributed by atoms with E-state index in [1.165, 1.54) is 13.0 Å². The highest BCUT2D eigenvalue weighted by Crippen LogP contribution is 2.22. The van der Waals surface area contributed by atoms with Crippen LogP contribution < -0.4 is 0 Å². The fourth-order valence-electron chi connectivity index (χ4n) is 0.620. The molecule has 0 amide bonds. The van der Waals surface area contributed by atoms with Gasteiger partial charge in [0.1, 0.15) is 0 Å². The van der Waals surface area contributed by atoms with Gasteiger partial charge in [-0.3, -0.25) is 9.59 Å². The molecule has 0 aliphatic carbocycles. The average Bonchev–Trinajstić information content (AvgIpc) is 1.99. The largest absolute Gasteiger partial charge is 0.480 e. The third-order valence-electron chi connectivity index (χ3n) is 1.71. The summed E-state index contributed by atoms with van der Waals surface area (Å²) in [5, 5.41) is 17.2. The fraction of sp³-hybridized carbons (Fsp3) is 0.500. The summed E-state index contributed by atoms with van der Waals surface area (Å²) in [6.45, 7) is 2.90. The molecular weight excluding hydrogens is 160 g/mol. The molecule has 0 spiro atoms. The van der Waals surface area contributed by atoms with Crippen LogP contribution >= 0.6 is 0 Å². The van der Waals surface area contributed by atoms with Crippen LogP contribution in [0.4, 0.5) is 0 Å². The Morgan fingerprint density at radius 3 is 2.00 bits per heavy atom. The number of carboxylic acid groups (broad SMARTS) is 2. The first-order chi connectivity index (χ1) is 5.45. The van der Waals surface area contributed by atoms with E-state index in [9.17, 15) is 9.59 Å². The molecule has 2 N–H and O–H groups in total. The highest BCUT2D eigenvalue weighted by atomic mass is 16.4. The van der Waals surface area contributed by atoms with E-state index in [1.54, 1.807) is 13.0 Å². The number of hydrogen-bond acceptors (Lipinski definition) is 2. The molecule has 0 rings (SSSR count). The Morgan fingerprint density at radius 1 is 1.33 bits per heavy atom. The van der Waals surface area contributed by atoms with E-state index < -0.39 is 17.4 Å². The van der Waals surface area contributed by atoms with Crippen molar-refractivity contribution in [2.45, 2.75) is 20.3 Å². The highest BCUT2D eigenvalue weighted by Gasteiger charge is 2.40. The molecule has 0 bridgehead atoms. The molecule has 0 unspecified atom stereocenters. The molecule has 0 aliphatic heterocycles. The molecule has 0 aromatic rings. The Labute approximate surface area is 70.5 Å². The van der Waals surface area contributed by atoms with Gasteiger partial charge in [0.05, 0.1) is 0 Å². The highest BCUT2D eigenvalue weighted by molar-refractivity contribution is 5.97. The van der Waals surface area contributed by atoms with Gasteiger partial charge in [0.2, 0.25) is 0 Å². The van der Waals surface area contributed by atoms with Crippen LogP contribution in [0.5, 0.6) is 0 Å². The standard InChI is InChI=1S/C8H12O4/c1-3-4-5-8(2,6(9)10)7(11)12/h3-4H,5H2,1-2H3,(H,9,10)(H,11,12). The Hall–Kier alpha value is -1.32. The van der Waals surface area contributed by atoms with E-state index >= 15 is 0 Å². The van der Waals surface area contributed by atoms with Crippen LogP contribution in [-0.4, -0.2) is 22.2 Å². The Bertz CT molecular complexity index is 203. The molecule has 0 saturated carbocycles. The number of aliphatic carboxylic acids is 2. The van der Waals surface area contributed by atoms with E-state index in [1.807, 2.05) is 0 Å². The lowest BCUT2D eigenvalue weighted by Crippen LogP contribution is -2.35. The summed E-state index contributed by atoms with van der Waals surface area (Å²) in [5.74, 6) is -2.62. The van der Waals surface area contributed by atoms with Crippen molar-refractivity contribution < 1.29 is 19.8 Å². The second kappa shape index (κ2) is 3.90. The molecule has 0 saturated heterocycles. The van der Waals surface area contributed by atoms with E-state index in [0.29, 0.717) is 0 Å². The van der Waals surface area contributed by atoms with Crippen LogP contribution in [0.3, 0.4) is 0 Å². The molecule has 12 heavy (non-hydrogen) atoms. The molecule has 0 aromatic heterocycles. The van der Waals surface area contributed by atoms with Gasteiger partial charge in [-0.15, -0.1) is 0 Å². The van der Waals surface area contributed by atoms with Crippen molar-refractivity contribution in [2.24, 2.45) is 5.41 Å². The average molecular weight is 172 g/mol. The maximum absolute atomic E-state index is 10.6. The number of carbonyl (C=O) groups is 2. The van der Waals surface area contributed by atoms with Gasteiger partial charge < -0.3 is 10.2 Å². The van der Waals surface area contributed by atoms with Crippen LogP contribution in [-0.2, 0) is 9.59 Å². The molecule has 0 radical (unpaired) electrons. The van der Waals surface area contributed by atoms with E-state index in [0.717, 1.165) is 0 Å². The summed E-state index contributed by atoms with van der Waals surface area (Å²) in [6, 6.07) is 0. The molecule has 0 atom stereocenters. The normalized spacial score (nSPS) is 11.8. The van der Waals surface area contributed by atoms with Gasteiger partial charge in [0, 0.05) is 0 Å². The van der Waals surface area contributed by atoms with Crippen LogP contribution in [0.25, 0.3) is 0 Å². The monoisotopic (exact) mass is 172 g/mol. The van der Waals surface area contributed by atoms with Gasteiger partial charge in [-0.2, -0.15) is 0 Å². The zero-order chi connectivity index (χ0) is 9.78. The van der Waals surface area contributed by atoms with Gasteiger partial charge in [-0.05, 0) is 20.3 Å². The quantitative estimate of drug-likeness (QED) is 0.492. The number of hydrogen-bond donors (Lipinski definition) is 2. The van der Waals surface area contributed by atoms with Crippen LogP contribution in [0.2, 0.25) is 0 Å². The summed E-state index contributed by atoms with van der Waals surface area (Å²) in [6.07, 6.45) is 3.17. The predicted molar refractivity (Wildman–Crippen MR) is 42.8 cm³/mol. The second-order valence-electron chi connectivity index (χ2n) is 2.72. The maximum atomic E-state index is 10.6. The summed E-state index contributed by atoms with van der Waals surface area (Å²) in [5.41, 5.74) is -1.70. The summed E-state index contributed by atoms with van der Waals surface area (Å²) >= 11 is 0. The fourth-order valence-corrected chi connectivity index (χ4v) is 0.620. The molecule has 0 fully saturated rings. The minimum absolute atomic E-state index is 0.00810. The number of carboxylic acids is 2. The summed E-state index contributed by atoms with van der Waals surface area (Å²) in [4.78, 5) is 21.1. The molecular formula is C8H12O4. The predicted octanol–water partition coefficient (Wildman–Crippen LogP) is 1.13. The van der Waals surface area contributed by atoms with Gasteiger partial charge in [-0.1, -0.05) is 12.2 Å². The minimum Gasteiger partial charge on any atom is -0.480 e. The molecule has 0 aliphatic rings. The third-order valence-corrected chi connectivity index (χ3v) is 1.71. The molecule has 68 valence electrons. The van der Waals surface area contributed by atoms with Gasteiger partial charge in [-0.25, -0.2) is 0 Å². The zero-order valence-corrected chi connectivity index (χ0v) is 7.07. The topological polar surface area (TPSA) is 74.6 Å². The van der Waals surface area contributed by atoms with Crippen molar-refractivity contribution in [3.8, 4) is 0 Å². The smallest absolute Gasteiger partial charge is 0.321 e. The van der Waals surface area contributed by atoms with Crippen molar-refractivity contribution in [2.75, 3.05) is 0 Å². The van der Waals surface area contributed by atoms with Crippen molar-refractivity contribution in [1.82, 2.24) is 0 Å². The SMILES string of the molecule is CC=CCC(C)(C(=O)O)C(=O)O. The van der Waals surface area contributed by atoms with Gasteiger partial charge >= 0.3 is 11.9 Å². The van der Waals surface area contributed by atoms with Crippen LogP contribution in [0.1, 0.15) is 20.3 Å². The van der Waals surface area contributed by atoms with E-state index in [4.69, 9.17) is 10.2 Å². The Morgan fingerprint density at radius 2 is 1.75 bits per heavy atom. The van der Waals surface area contributed by atoms with Crippen molar-refractivity contribution >= 4 is 11.9 Å². The number of rotatable bonds is 4.